The third-order valence-corrected chi connectivity index (χ3v) is 3.19. The minimum atomic E-state index is -0.294. The van der Waals surface area contributed by atoms with Crippen molar-refractivity contribution in [2.45, 2.75) is 25.0 Å². The molecule has 0 spiro atoms. The van der Waals surface area contributed by atoms with Crippen LogP contribution in [-0.4, -0.2) is 28.1 Å². The second-order valence-corrected chi connectivity index (χ2v) is 4.56. The zero-order chi connectivity index (χ0) is 11.7. The molecule has 1 aliphatic carbocycles. The number of nitrogens with zero attached hydrogens (tertiary/aromatic N) is 1. The smallest absolute Gasteiger partial charge is 0.253 e. The van der Waals surface area contributed by atoms with Crippen LogP contribution in [0.5, 0.6) is 0 Å². The van der Waals surface area contributed by atoms with Crippen molar-refractivity contribution in [2.75, 3.05) is 0 Å². The van der Waals surface area contributed by atoms with Crippen LogP contribution in [0.1, 0.15) is 23.2 Å². The second kappa shape index (κ2) is 4.57. The van der Waals surface area contributed by atoms with Crippen LogP contribution in [-0.2, 0) is 0 Å². The van der Waals surface area contributed by atoms with Crippen molar-refractivity contribution in [3.63, 3.8) is 0 Å². The molecule has 0 aromatic carbocycles. The number of hydrogen-bond acceptors (Lipinski definition) is 3. The van der Waals surface area contributed by atoms with Crippen molar-refractivity contribution in [3.8, 4) is 0 Å². The van der Waals surface area contributed by atoms with Crippen LogP contribution in [0.25, 0.3) is 0 Å². The van der Waals surface area contributed by atoms with Gasteiger partial charge in [0.2, 0.25) is 0 Å². The fourth-order valence-electron chi connectivity index (χ4n) is 1.52. The lowest BCUT2D eigenvalue weighted by molar-refractivity contribution is 0.0562. The minimum Gasteiger partial charge on any atom is -0.393 e. The molecule has 0 saturated heterocycles. The number of carbonyl (C=O) groups excluding carboxylic acids is 1. The number of aliphatic hydroxyl groups excluding tert-OH is 1. The Balaban J connectivity index is 2.01. The quantitative estimate of drug-likeness (QED) is 0.795. The van der Waals surface area contributed by atoms with E-state index in [9.17, 15) is 4.79 Å². The molecule has 16 heavy (non-hydrogen) atoms. The zero-order valence-corrected chi connectivity index (χ0v) is 9.79. The number of hydrogen-bond donors (Lipinski definition) is 2. The lowest BCUT2D eigenvalue weighted by atomic mass is 9.89. The van der Waals surface area contributed by atoms with E-state index in [2.05, 4.69) is 10.3 Å². The molecule has 0 unspecified atom stereocenters. The van der Waals surface area contributed by atoms with E-state index in [1.54, 1.807) is 0 Å². The van der Waals surface area contributed by atoms with Gasteiger partial charge in [-0.05, 0) is 18.9 Å². The number of nitrogens with one attached hydrogen (secondary N) is 1. The minimum absolute atomic E-state index is 0.0388. The summed E-state index contributed by atoms with van der Waals surface area (Å²) in [4.78, 5) is 15.5. The lowest BCUT2D eigenvalue weighted by Gasteiger charge is -2.31. The van der Waals surface area contributed by atoms with Crippen molar-refractivity contribution in [3.05, 3.63) is 28.0 Å². The summed E-state index contributed by atoms with van der Waals surface area (Å²) in [6, 6.07) is 1.51. The molecular weight excluding hydrogens is 251 g/mol. The maximum absolute atomic E-state index is 11.7. The van der Waals surface area contributed by atoms with Gasteiger partial charge in [-0.3, -0.25) is 4.79 Å². The molecule has 1 fully saturated rings. The number of aromatic nitrogens is 1. The molecule has 86 valence electrons. The van der Waals surface area contributed by atoms with Crippen LogP contribution < -0.4 is 5.32 Å². The number of halogens is 2. The standard InChI is InChI=1S/C10H10Cl2N2O2/c11-8-1-5(4-13-9(8)12)10(16)14-6-2-7(15)3-6/h1,4,6-7,15H,2-3H2,(H,14,16). The summed E-state index contributed by atoms with van der Waals surface area (Å²) in [5.74, 6) is -0.247. The first-order chi connectivity index (χ1) is 7.56. The van der Waals surface area contributed by atoms with Crippen LogP contribution in [0.15, 0.2) is 12.3 Å². The van der Waals surface area contributed by atoms with Crippen LogP contribution in [0, 0.1) is 0 Å². The van der Waals surface area contributed by atoms with Crippen molar-refractivity contribution in [1.82, 2.24) is 10.3 Å². The summed E-state index contributed by atoms with van der Waals surface area (Å²) in [7, 11) is 0. The Morgan fingerprint density at radius 2 is 2.19 bits per heavy atom. The van der Waals surface area contributed by atoms with Gasteiger partial charge in [-0.2, -0.15) is 0 Å². The molecule has 1 aliphatic rings. The number of amides is 1. The Morgan fingerprint density at radius 3 is 2.75 bits per heavy atom. The summed E-state index contributed by atoms with van der Waals surface area (Å²) >= 11 is 11.4. The highest BCUT2D eigenvalue weighted by Crippen LogP contribution is 2.22. The van der Waals surface area contributed by atoms with Gasteiger partial charge in [0.15, 0.2) is 0 Å². The van der Waals surface area contributed by atoms with Crippen molar-refractivity contribution in [2.24, 2.45) is 0 Å². The van der Waals surface area contributed by atoms with Gasteiger partial charge < -0.3 is 10.4 Å². The maximum Gasteiger partial charge on any atom is 0.253 e. The van der Waals surface area contributed by atoms with E-state index in [4.69, 9.17) is 28.3 Å². The SMILES string of the molecule is O=C(NC1CC(O)C1)c1cnc(Cl)c(Cl)c1. The molecule has 1 amide bonds. The van der Waals surface area contributed by atoms with E-state index in [1.165, 1.54) is 12.3 Å². The Bertz CT molecular complexity index is 419. The highest BCUT2D eigenvalue weighted by molar-refractivity contribution is 6.41. The molecule has 0 aliphatic heterocycles. The monoisotopic (exact) mass is 260 g/mol. The molecule has 2 N–H and O–H groups in total. The Hall–Kier alpha value is -0.840. The van der Waals surface area contributed by atoms with Gasteiger partial charge >= 0.3 is 0 Å². The zero-order valence-electron chi connectivity index (χ0n) is 8.28. The van der Waals surface area contributed by atoms with Gasteiger partial charge in [-0.15, -0.1) is 0 Å². The van der Waals surface area contributed by atoms with E-state index in [-0.39, 0.29) is 28.2 Å². The third kappa shape index (κ3) is 2.45. The molecule has 0 radical (unpaired) electrons. The Morgan fingerprint density at radius 1 is 1.50 bits per heavy atom. The van der Waals surface area contributed by atoms with Crippen LogP contribution >= 0.6 is 23.2 Å². The van der Waals surface area contributed by atoms with E-state index >= 15 is 0 Å². The molecule has 1 saturated carbocycles. The van der Waals surface area contributed by atoms with E-state index in [0.717, 1.165) is 0 Å². The average Bonchev–Trinajstić information content (AvgIpc) is 2.19. The molecule has 1 aromatic rings. The van der Waals surface area contributed by atoms with Gasteiger partial charge in [0.25, 0.3) is 5.91 Å². The van der Waals surface area contributed by atoms with Crippen molar-refractivity contribution >= 4 is 29.1 Å². The fraction of sp³-hybridized carbons (Fsp3) is 0.400. The molecule has 4 nitrogen and oxygen atoms in total. The highest BCUT2D eigenvalue weighted by atomic mass is 35.5. The van der Waals surface area contributed by atoms with Crippen molar-refractivity contribution in [1.29, 1.82) is 0 Å². The summed E-state index contributed by atoms with van der Waals surface area (Å²) in [5, 5.41) is 12.3. The Labute approximate surface area is 103 Å². The normalized spacial score (nSPS) is 23.7. The van der Waals surface area contributed by atoms with Gasteiger partial charge in [-0.25, -0.2) is 4.98 Å². The maximum atomic E-state index is 11.7. The highest BCUT2D eigenvalue weighted by Gasteiger charge is 2.28. The van der Waals surface area contributed by atoms with Crippen molar-refractivity contribution < 1.29 is 9.90 Å². The van der Waals surface area contributed by atoms with Crippen LogP contribution in [0.2, 0.25) is 10.2 Å². The average molecular weight is 261 g/mol. The largest absolute Gasteiger partial charge is 0.393 e. The van der Waals surface area contributed by atoms with E-state index < -0.39 is 0 Å². The first-order valence-corrected chi connectivity index (χ1v) is 5.62. The van der Waals surface area contributed by atoms with E-state index in [0.29, 0.717) is 18.4 Å². The van der Waals surface area contributed by atoms with Crippen LogP contribution in [0.3, 0.4) is 0 Å². The number of rotatable bonds is 2. The summed E-state index contributed by atoms with van der Waals surface area (Å²) < 4.78 is 0. The molecule has 1 aromatic heterocycles. The van der Waals surface area contributed by atoms with Gasteiger partial charge in [0.1, 0.15) is 5.15 Å². The van der Waals surface area contributed by atoms with Gasteiger partial charge in [-0.1, -0.05) is 23.2 Å². The molecule has 6 heteroatoms. The molecule has 1 heterocycles. The van der Waals surface area contributed by atoms with Crippen LogP contribution in [0.4, 0.5) is 0 Å². The third-order valence-electron chi connectivity index (χ3n) is 2.51. The summed E-state index contributed by atoms with van der Waals surface area (Å²) in [5.41, 5.74) is 0.371. The fourth-order valence-corrected chi connectivity index (χ4v) is 1.79. The topological polar surface area (TPSA) is 62.2 Å². The summed E-state index contributed by atoms with van der Waals surface area (Å²) in [6.07, 6.45) is 2.27. The molecule has 0 atom stereocenters. The molecular formula is C10H10Cl2N2O2. The number of aliphatic hydroxyl groups is 1. The first-order valence-electron chi connectivity index (χ1n) is 4.86. The lowest BCUT2D eigenvalue weighted by Crippen LogP contribution is -2.46. The number of pyridine rings is 1. The van der Waals surface area contributed by atoms with Gasteiger partial charge in [0, 0.05) is 12.2 Å². The number of carbonyl (C=O) groups is 1. The predicted molar refractivity (Wildman–Crippen MR) is 60.8 cm³/mol. The predicted octanol–water partition coefficient (Wildman–Crippen LogP) is 1.64. The van der Waals surface area contributed by atoms with Gasteiger partial charge in [0.05, 0.1) is 16.7 Å². The Kier molecular flexibility index (Phi) is 3.33. The first kappa shape index (κ1) is 11.6. The van der Waals surface area contributed by atoms with E-state index in [1.807, 2.05) is 0 Å². The molecule has 0 bridgehead atoms. The molecule has 2 rings (SSSR count). The second-order valence-electron chi connectivity index (χ2n) is 3.79. The summed E-state index contributed by atoms with van der Waals surface area (Å²) in [6.45, 7) is 0.